The molecular formula is C16H31N5. The Labute approximate surface area is 129 Å². The van der Waals surface area contributed by atoms with Gasteiger partial charge in [-0.15, -0.1) is 0 Å². The standard InChI is InChI=1S/C16H31N5/c1-5-6-17-13-16-14(2)18-21(15(16)3)12-11-20-9-7-19(4)8-10-20/h17H,5-13H2,1-4H3. The van der Waals surface area contributed by atoms with Crippen LogP contribution in [0.4, 0.5) is 0 Å². The number of hydrogen-bond donors (Lipinski definition) is 1. The van der Waals surface area contributed by atoms with Gasteiger partial charge in [0.25, 0.3) is 0 Å². The Hall–Kier alpha value is -0.910. The molecule has 0 amide bonds. The molecule has 2 heterocycles. The zero-order chi connectivity index (χ0) is 15.2. The van der Waals surface area contributed by atoms with Crippen molar-refractivity contribution in [2.45, 2.75) is 40.3 Å². The van der Waals surface area contributed by atoms with Gasteiger partial charge in [-0.05, 0) is 33.9 Å². The minimum atomic E-state index is 0.944. The lowest BCUT2D eigenvalue weighted by atomic mass is 10.2. The van der Waals surface area contributed by atoms with Crippen molar-refractivity contribution in [1.29, 1.82) is 0 Å². The van der Waals surface area contributed by atoms with Crippen molar-refractivity contribution in [3.8, 4) is 0 Å². The molecular weight excluding hydrogens is 262 g/mol. The van der Waals surface area contributed by atoms with Crippen LogP contribution in [0.2, 0.25) is 0 Å². The van der Waals surface area contributed by atoms with E-state index < -0.39 is 0 Å². The van der Waals surface area contributed by atoms with Crippen LogP contribution in [-0.2, 0) is 13.1 Å². The van der Waals surface area contributed by atoms with Crippen LogP contribution >= 0.6 is 0 Å². The first-order chi connectivity index (χ1) is 10.1. The van der Waals surface area contributed by atoms with Gasteiger partial charge in [0.05, 0.1) is 12.2 Å². The van der Waals surface area contributed by atoms with Crippen molar-refractivity contribution in [2.24, 2.45) is 0 Å². The van der Waals surface area contributed by atoms with Gasteiger partial charge in [-0.3, -0.25) is 9.58 Å². The first-order valence-corrected chi connectivity index (χ1v) is 8.26. The van der Waals surface area contributed by atoms with E-state index in [0.717, 1.165) is 26.2 Å². The monoisotopic (exact) mass is 293 g/mol. The largest absolute Gasteiger partial charge is 0.313 e. The zero-order valence-corrected chi connectivity index (χ0v) is 14.2. The van der Waals surface area contributed by atoms with Gasteiger partial charge in [0.2, 0.25) is 0 Å². The maximum atomic E-state index is 4.73. The maximum absolute atomic E-state index is 4.73. The number of rotatable bonds is 7. The number of aromatic nitrogens is 2. The highest BCUT2D eigenvalue weighted by molar-refractivity contribution is 5.24. The molecule has 1 aromatic rings. The molecule has 1 aliphatic heterocycles. The molecule has 0 aromatic carbocycles. The Kier molecular flexibility index (Phi) is 6.21. The Morgan fingerprint density at radius 2 is 1.81 bits per heavy atom. The molecule has 1 N–H and O–H groups in total. The first kappa shape index (κ1) is 16.5. The van der Waals surface area contributed by atoms with Gasteiger partial charge in [-0.25, -0.2) is 0 Å². The summed E-state index contributed by atoms with van der Waals surface area (Å²) in [4.78, 5) is 4.95. The summed E-state index contributed by atoms with van der Waals surface area (Å²) >= 11 is 0. The van der Waals surface area contributed by atoms with Crippen molar-refractivity contribution in [1.82, 2.24) is 24.9 Å². The van der Waals surface area contributed by atoms with E-state index in [4.69, 9.17) is 5.10 Å². The average molecular weight is 293 g/mol. The molecule has 0 radical (unpaired) electrons. The lowest BCUT2D eigenvalue weighted by Gasteiger charge is -2.32. The molecule has 2 rings (SSSR count). The Bertz CT molecular complexity index is 432. The van der Waals surface area contributed by atoms with Crippen LogP contribution in [0.5, 0.6) is 0 Å². The van der Waals surface area contributed by atoms with Crippen molar-refractivity contribution in [3.63, 3.8) is 0 Å². The summed E-state index contributed by atoms with van der Waals surface area (Å²) in [5.41, 5.74) is 3.88. The maximum Gasteiger partial charge on any atom is 0.0641 e. The molecule has 1 aromatic heterocycles. The topological polar surface area (TPSA) is 36.3 Å². The Balaban J connectivity index is 1.87. The summed E-state index contributed by atoms with van der Waals surface area (Å²) in [5, 5.41) is 8.22. The SMILES string of the molecule is CCCNCc1c(C)nn(CCN2CCN(C)CC2)c1C. The van der Waals surface area contributed by atoms with Gasteiger partial charge in [0.1, 0.15) is 0 Å². The lowest BCUT2D eigenvalue weighted by Crippen LogP contribution is -2.45. The van der Waals surface area contributed by atoms with Gasteiger partial charge < -0.3 is 10.2 Å². The molecule has 5 heteroatoms. The lowest BCUT2D eigenvalue weighted by molar-refractivity contribution is 0.148. The molecule has 5 nitrogen and oxygen atoms in total. The third-order valence-corrected chi connectivity index (χ3v) is 4.48. The highest BCUT2D eigenvalue weighted by Crippen LogP contribution is 2.13. The van der Waals surface area contributed by atoms with E-state index in [0.29, 0.717) is 0 Å². The predicted octanol–water partition coefficient (Wildman–Crippen LogP) is 1.25. The molecule has 0 saturated carbocycles. The van der Waals surface area contributed by atoms with E-state index in [1.165, 1.54) is 49.6 Å². The first-order valence-electron chi connectivity index (χ1n) is 8.26. The summed E-state index contributed by atoms with van der Waals surface area (Å²) in [6.45, 7) is 15.4. The number of nitrogens with zero attached hydrogens (tertiary/aromatic N) is 4. The van der Waals surface area contributed by atoms with Gasteiger partial charge in [0.15, 0.2) is 0 Å². The summed E-state index contributed by atoms with van der Waals surface area (Å²) in [6, 6.07) is 0. The molecule has 120 valence electrons. The molecule has 0 bridgehead atoms. The summed E-state index contributed by atoms with van der Waals surface area (Å²) in [6.07, 6.45) is 1.18. The van der Waals surface area contributed by atoms with Crippen molar-refractivity contribution in [2.75, 3.05) is 46.3 Å². The van der Waals surface area contributed by atoms with Crippen LogP contribution in [0.1, 0.15) is 30.3 Å². The second-order valence-electron chi connectivity index (χ2n) is 6.19. The van der Waals surface area contributed by atoms with Gasteiger partial charge in [-0.1, -0.05) is 6.92 Å². The molecule has 1 saturated heterocycles. The molecule has 0 atom stereocenters. The van der Waals surface area contributed by atoms with Crippen molar-refractivity contribution >= 4 is 0 Å². The van der Waals surface area contributed by atoms with E-state index >= 15 is 0 Å². The highest BCUT2D eigenvalue weighted by atomic mass is 15.3. The zero-order valence-electron chi connectivity index (χ0n) is 14.2. The molecule has 1 aliphatic rings. The fourth-order valence-electron chi connectivity index (χ4n) is 2.91. The van der Waals surface area contributed by atoms with Crippen LogP contribution in [-0.4, -0.2) is 65.9 Å². The average Bonchev–Trinajstić information content (AvgIpc) is 2.74. The van der Waals surface area contributed by atoms with Gasteiger partial charge in [-0.2, -0.15) is 5.10 Å². The molecule has 21 heavy (non-hydrogen) atoms. The smallest absolute Gasteiger partial charge is 0.0641 e. The van der Waals surface area contributed by atoms with Crippen LogP contribution in [0, 0.1) is 13.8 Å². The van der Waals surface area contributed by atoms with Crippen molar-refractivity contribution < 1.29 is 0 Å². The number of hydrogen-bond acceptors (Lipinski definition) is 4. The van der Waals surface area contributed by atoms with E-state index in [-0.39, 0.29) is 0 Å². The van der Waals surface area contributed by atoms with Crippen molar-refractivity contribution in [3.05, 3.63) is 17.0 Å². The van der Waals surface area contributed by atoms with Crippen LogP contribution < -0.4 is 5.32 Å². The summed E-state index contributed by atoms with van der Waals surface area (Å²) in [5.74, 6) is 0. The van der Waals surface area contributed by atoms with E-state index in [1.54, 1.807) is 0 Å². The molecule has 0 aliphatic carbocycles. The second-order valence-corrected chi connectivity index (χ2v) is 6.19. The third kappa shape index (κ3) is 4.53. The van der Waals surface area contributed by atoms with E-state index in [1.807, 2.05) is 0 Å². The van der Waals surface area contributed by atoms with E-state index in [9.17, 15) is 0 Å². The van der Waals surface area contributed by atoms with Crippen LogP contribution in [0.25, 0.3) is 0 Å². The summed E-state index contributed by atoms with van der Waals surface area (Å²) in [7, 11) is 2.20. The third-order valence-electron chi connectivity index (χ3n) is 4.48. The molecule has 1 fully saturated rings. The normalized spacial score (nSPS) is 17.5. The fourth-order valence-corrected chi connectivity index (χ4v) is 2.91. The molecule has 0 spiro atoms. The highest BCUT2D eigenvalue weighted by Gasteiger charge is 2.15. The number of piperazine rings is 1. The quantitative estimate of drug-likeness (QED) is 0.768. The summed E-state index contributed by atoms with van der Waals surface area (Å²) < 4.78 is 2.19. The van der Waals surface area contributed by atoms with Crippen LogP contribution in [0.15, 0.2) is 0 Å². The van der Waals surface area contributed by atoms with Crippen LogP contribution in [0.3, 0.4) is 0 Å². The molecule has 0 unspecified atom stereocenters. The Morgan fingerprint density at radius 3 is 2.48 bits per heavy atom. The second kappa shape index (κ2) is 7.92. The minimum absolute atomic E-state index is 0.944. The van der Waals surface area contributed by atoms with Gasteiger partial charge >= 0.3 is 0 Å². The predicted molar refractivity (Wildman–Crippen MR) is 87.6 cm³/mol. The number of nitrogens with one attached hydrogen (secondary N) is 1. The van der Waals surface area contributed by atoms with Gasteiger partial charge in [0, 0.05) is 50.5 Å². The minimum Gasteiger partial charge on any atom is -0.313 e. The fraction of sp³-hybridized carbons (Fsp3) is 0.812. The van der Waals surface area contributed by atoms with E-state index in [2.05, 4.69) is 47.6 Å². The number of aryl methyl sites for hydroxylation is 1. The number of likely N-dealkylation sites (N-methyl/N-ethyl adjacent to an activating group) is 1. The Morgan fingerprint density at radius 1 is 1.10 bits per heavy atom.